The van der Waals surface area contributed by atoms with Crippen LogP contribution < -0.4 is 0 Å². The van der Waals surface area contributed by atoms with Gasteiger partial charge in [-0.05, 0) is 39.2 Å². The molecule has 0 spiro atoms. The maximum atomic E-state index is 13.0. The number of rotatable bonds is 7. The van der Waals surface area contributed by atoms with Crippen LogP contribution in [0.5, 0.6) is 0 Å². The van der Waals surface area contributed by atoms with Crippen LogP contribution in [-0.4, -0.2) is 43.9 Å². The minimum absolute atomic E-state index is 0.169. The normalized spacial score (nSPS) is 16.1. The van der Waals surface area contributed by atoms with Gasteiger partial charge >= 0.3 is 0 Å². The van der Waals surface area contributed by atoms with E-state index in [1.165, 1.54) is 36.6 Å². The van der Waals surface area contributed by atoms with E-state index in [1.807, 2.05) is 24.9 Å². The Morgan fingerprint density at radius 1 is 1.29 bits per heavy atom. The topological polar surface area (TPSA) is 51.0 Å². The second kappa shape index (κ2) is 9.59. The first kappa shape index (κ1) is 20.9. The maximum absolute atomic E-state index is 13.0. The van der Waals surface area contributed by atoms with E-state index in [-0.39, 0.29) is 11.2 Å². The summed E-state index contributed by atoms with van der Waals surface area (Å²) in [5, 5.41) is 9.56. The van der Waals surface area contributed by atoms with Crippen LogP contribution in [0.25, 0.3) is 11.4 Å². The molecule has 1 atom stereocenters. The van der Waals surface area contributed by atoms with Gasteiger partial charge in [0.25, 0.3) is 0 Å². The quantitative estimate of drug-likeness (QED) is 0.618. The first-order chi connectivity index (χ1) is 13.5. The lowest BCUT2D eigenvalue weighted by atomic mass is 9.94. The molecule has 0 N–H and O–H groups in total. The number of carbonyl (C=O) groups excluding carboxylic acids is 1. The fourth-order valence-corrected chi connectivity index (χ4v) is 4.92. The van der Waals surface area contributed by atoms with Gasteiger partial charge in [0.05, 0.1) is 5.25 Å². The zero-order valence-electron chi connectivity index (χ0n) is 17.5. The van der Waals surface area contributed by atoms with E-state index in [9.17, 15) is 4.79 Å². The molecule has 6 heteroatoms. The highest BCUT2D eigenvalue weighted by Crippen LogP contribution is 2.29. The van der Waals surface area contributed by atoms with E-state index >= 15 is 0 Å². The van der Waals surface area contributed by atoms with Gasteiger partial charge in [0.2, 0.25) is 5.91 Å². The molecule has 1 amide bonds. The molecule has 3 rings (SSSR count). The van der Waals surface area contributed by atoms with Crippen molar-refractivity contribution < 1.29 is 4.79 Å². The third-order valence-corrected chi connectivity index (χ3v) is 6.61. The average molecular weight is 401 g/mol. The summed E-state index contributed by atoms with van der Waals surface area (Å²) in [5.41, 5.74) is 2.28. The third kappa shape index (κ3) is 4.77. The molecule has 0 aliphatic heterocycles. The Labute approximate surface area is 172 Å². The number of carbonyl (C=O) groups is 1. The highest BCUT2D eigenvalue weighted by atomic mass is 32.2. The summed E-state index contributed by atoms with van der Waals surface area (Å²) >= 11 is 1.53. The number of aromatic nitrogens is 3. The first-order valence-corrected chi connectivity index (χ1v) is 11.3. The number of aryl methyl sites for hydroxylation is 1. The number of hydrogen-bond acceptors (Lipinski definition) is 4. The van der Waals surface area contributed by atoms with Gasteiger partial charge < -0.3 is 9.47 Å². The van der Waals surface area contributed by atoms with Crippen LogP contribution in [0.4, 0.5) is 0 Å². The van der Waals surface area contributed by atoms with Crippen molar-refractivity contribution in [2.45, 2.75) is 82.3 Å². The van der Waals surface area contributed by atoms with E-state index in [0.717, 1.165) is 42.4 Å². The van der Waals surface area contributed by atoms with Crippen molar-refractivity contribution in [2.24, 2.45) is 0 Å². The lowest BCUT2D eigenvalue weighted by Crippen LogP contribution is -2.42. The fraction of sp³-hybridized carbons (Fsp3) is 0.591. The molecule has 152 valence electrons. The monoisotopic (exact) mass is 400 g/mol. The molecule has 1 aliphatic rings. The molecule has 1 aromatic heterocycles. The number of benzene rings is 1. The van der Waals surface area contributed by atoms with Crippen molar-refractivity contribution in [1.82, 2.24) is 19.7 Å². The van der Waals surface area contributed by atoms with Gasteiger partial charge in [0.15, 0.2) is 11.0 Å². The summed E-state index contributed by atoms with van der Waals surface area (Å²) < 4.78 is 2.16. The van der Waals surface area contributed by atoms with Crippen LogP contribution >= 0.6 is 11.8 Å². The summed E-state index contributed by atoms with van der Waals surface area (Å²) in [6.45, 7) is 7.07. The van der Waals surface area contributed by atoms with Crippen molar-refractivity contribution >= 4 is 17.7 Å². The number of thioether (sulfide) groups is 1. The molecule has 0 radical (unpaired) electrons. The molecule has 2 aromatic rings. The predicted octanol–water partition coefficient (Wildman–Crippen LogP) is 4.94. The molecule has 5 nitrogen and oxygen atoms in total. The van der Waals surface area contributed by atoms with Gasteiger partial charge in [-0.2, -0.15) is 0 Å². The van der Waals surface area contributed by atoms with Gasteiger partial charge in [-0.1, -0.05) is 61.7 Å². The number of nitrogens with zero attached hydrogens (tertiary/aromatic N) is 4. The Bertz CT molecular complexity index is 798. The predicted molar refractivity (Wildman–Crippen MR) is 115 cm³/mol. The summed E-state index contributed by atoms with van der Waals surface area (Å²) in [4.78, 5) is 15.0. The largest absolute Gasteiger partial charge is 0.342 e. The van der Waals surface area contributed by atoms with E-state index in [0.29, 0.717) is 6.04 Å². The van der Waals surface area contributed by atoms with E-state index in [4.69, 9.17) is 0 Å². The second-order valence-electron chi connectivity index (χ2n) is 7.83. The summed E-state index contributed by atoms with van der Waals surface area (Å²) in [6.07, 6.45) is 7.01. The van der Waals surface area contributed by atoms with Gasteiger partial charge in [0, 0.05) is 25.2 Å². The number of amides is 1. The zero-order chi connectivity index (χ0) is 20.1. The third-order valence-electron chi connectivity index (χ3n) is 5.54. The van der Waals surface area contributed by atoms with Crippen molar-refractivity contribution in [3.63, 3.8) is 0 Å². The molecule has 1 fully saturated rings. The molecule has 1 saturated carbocycles. The SMILES string of the molecule is CCCn1c(SC(C)C(=O)N(C)C2CCCCC2)nnc1-c1cccc(C)c1. The summed E-state index contributed by atoms with van der Waals surface area (Å²) in [5.74, 6) is 1.08. The fourth-order valence-electron chi connectivity index (χ4n) is 3.94. The standard InChI is InChI=1S/C22H32N4OS/c1-5-14-26-20(18-11-9-10-16(2)15-18)23-24-22(26)28-17(3)21(27)25(4)19-12-7-6-8-13-19/h9-11,15,17,19H,5-8,12-14H2,1-4H3. The van der Waals surface area contributed by atoms with Gasteiger partial charge in [0.1, 0.15) is 0 Å². The molecule has 1 aromatic carbocycles. The van der Waals surface area contributed by atoms with Crippen molar-refractivity contribution in [3.8, 4) is 11.4 Å². The molecule has 1 heterocycles. The highest BCUT2D eigenvalue weighted by molar-refractivity contribution is 8.00. The van der Waals surface area contributed by atoms with Crippen LogP contribution in [0, 0.1) is 6.92 Å². The Morgan fingerprint density at radius 2 is 2.04 bits per heavy atom. The molecule has 0 saturated heterocycles. The minimum Gasteiger partial charge on any atom is -0.342 e. The van der Waals surface area contributed by atoms with Crippen molar-refractivity contribution in [3.05, 3.63) is 29.8 Å². The molecule has 1 aliphatic carbocycles. The molecule has 1 unspecified atom stereocenters. The molecular formula is C22H32N4OS. The first-order valence-electron chi connectivity index (χ1n) is 10.4. The van der Waals surface area contributed by atoms with E-state index in [1.54, 1.807) is 0 Å². The molecular weight excluding hydrogens is 368 g/mol. The van der Waals surface area contributed by atoms with Crippen LogP contribution in [-0.2, 0) is 11.3 Å². The van der Waals surface area contributed by atoms with Gasteiger partial charge in [-0.15, -0.1) is 10.2 Å². The lowest BCUT2D eigenvalue weighted by molar-refractivity contribution is -0.131. The second-order valence-corrected chi connectivity index (χ2v) is 9.14. The molecule has 0 bridgehead atoms. The van der Waals surface area contributed by atoms with Crippen molar-refractivity contribution in [1.29, 1.82) is 0 Å². The minimum atomic E-state index is -0.169. The Balaban J connectivity index is 1.76. The maximum Gasteiger partial charge on any atom is 0.235 e. The Hall–Kier alpha value is -1.82. The lowest BCUT2D eigenvalue weighted by Gasteiger charge is -2.32. The Morgan fingerprint density at radius 3 is 2.71 bits per heavy atom. The smallest absolute Gasteiger partial charge is 0.235 e. The van der Waals surface area contributed by atoms with Crippen LogP contribution in [0.1, 0.15) is 57.9 Å². The van der Waals surface area contributed by atoms with Crippen molar-refractivity contribution in [2.75, 3.05) is 7.05 Å². The number of hydrogen-bond donors (Lipinski definition) is 0. The average Bonchev–Trinajstić information content (AvgIpc) is 3.10. The van der Waals surface area contributed by atoms with Gasteiger partial charge in [-0.25, -0.2) is 0 Å². The summed E-state index contributed by atoms with van der Waals surface area (Å²) in [6, 6.07) is 8.73. The molecule has 28 heavy (non-hydrogen) atoms. The summed E-state index contributed by atoms with van der Waals surface area (Å²) in [7, 11) is 1.96. The van der Waals surface area contributed by atoms with Gasteiger partial charge in [-0.3, -0.25) is 4.79 Å². The van der Waals surface area contributed by atoms with E-state index < -0.39 is 0 Å². The van der Waals surface area contributed by atoms with Crippen LogP contribution in [0.3, 0.4) is 0 Å². The van der Waals surface area contributed by atoms with Crippen LogP contribution in [0.15, 0.2) is 29.4 Å². The Kier molecular flexibility index (Phi) is 7.16. The zero-order valence-corrected chi connectivity index (χ0v) is 18.3. The highest BCUT2D eigenvalue weighted by Gasteiger charge is 2.27. The van der Waals surface area contributed by atoms with E-state index in [2.05, 4.69) is 46.8 Å². The van der Waals surface area contributed by atoms with Crippen LogP contribution in [0.2, 0.25) is 0 Å².